The third kappa shape index (κ3) is 3.19. The number of amides is 1. The minimum atomic E-state index is 0.279. The molecule has 0 bridgehead atoms. The first-order valence-corrected chi connectivity index (χ1v) is 8.29. The molecule has 0 saturated carbocycles. The van der Waals surface area contributed by atoms with Gasteiger partial charge in [0.2, 0.25) is 5.91 Å². The van der Waals surface area contributed by atoms with Crippen LogP contribution < -0.4 is 4.90 Å². The largest absolute Gasteiger partial charge is 0.309 e. The van der Waals surface area contributed by atoms with Crippen molar-refractivity contribution >= 4 is 27.5 Å². The summed E-state index contributed by atoms with van der Waals surface area (Å²) >= 11 is 3.48. The molecule has 2 rings (SSSR count). The highest BCUT2D eigenvalue weighted by Gasteiger charge is 2.30. The minimum absolute atomic E-state index is 0.279. The van der Waals surface area contributed by atoms with Gasteiger partial charge in [0.05, 0.1) is 0 Å². The zero-order chi connectivity index (χ0) is 13.8. The summed E-state index contributed by atoms with van der Waals surface area (Å²) in [6.07, 6.45) is 4.77. The summed E-state index contributed by atoms with van der Waals surface area (Å²) in [6, 6.07) is 6.85. The Kier molecular flexibility index (Phi) is 5.03. The van der Waals surface area contributed by atoms with E-state index in [9.17, 15) is 4.79 Å². The zero-order valence-corrected chi connectivity index (χ0v) is 13.4. The number of fused-ring (bicyclic) bond motifs is 1. The van der Waals surface area contributed by atoms with E-state index in [0.717, 1.165) is 36.7 Å². The lowest BCUT2D eigenvalue weighted by molar-refractivity contribution is -0.119. The van der Waals surface area contributed by atoms with Crippen molar-refractivity contribution in [2.75, 3.05) is 10.2 Å². The van der Waals surface area contributed by atoms with E-state index in [2.05, 4.69) is 48.0 Å². The molecule has 0 spiro atoms. The van der Waals surface area contributed by atoms with Crippen LogP contribution in [0.4, 0.5) is 5.69 Å². The number of carbonyl (C=O) groups excluding carboxylic acids is 1. The summed E-state index contributed by atoms with van der Waals surface area (Å²) < 4.78 is 0. The zero-order valence-electron chi connectivity index (χ0n) is 11.8. The molecule has 1 atom stereocenters. The Balaban J connectivity index is 2.19. The van der Waals surface area contributed by atoms with Gasteiger partial charge < -0.3 is 4.90 Å². The van der Waals surface area contributed by atoms with E-state index in [1.807, 2.05) is 4.90 Å². The first kappa shape index (κ1) is 14.6. The lowest BCUT2D eigenvalue weighted by Gasteiger charge is -2.22. The number of nitrogens with zero attached hydrogens (tertiary/aromatic N) is 1. The molecule has 3 heteroatoms. The molecule has 1 aromatic rings. The Labute approximate surface area is 124 Å². The van der Waals surface area contributed by atoms with E-state index in [4.69, 9.17) is 0 Å². The van der Waals surface area contributed by atoms with E-state index in [-0.39, 0.29) is 5.91 Å². The van der Waals surface area contributed by atoms with Crippen molar-refractivity contribution in [2.24, 2.45) is 0 Å². The highest BCUT2D eigenvalue weighted by atomic mass is 79.9. The van der Waals surface area contributed by atoms with Crippen LogP contribution in [0.15, 0.2) is 18.2 Å². The lowest BCUT2D eigenvalue weighted by Crippen LogP contribution is -2.35. The van der Waals surface area contributed by atoms with Crippen LogP contribution in [0.3, 0.4) is 0 Å². The van der Waals surface area contributed by atoms with Crippen LogP contribution in [0.2, 0.25) is 0 Å². The summed E-state index contributed by atoms with van der Waals surface area (Å²) in [5.74, 6) is 0.279. The SMILES string of the molecule is CCCCC(=O)N1c2ccc(CCBr)cc2CC1C. The number of alkyl halides is 1. The van der Waals surface area contributed by atoms with E-state index in [1.165, 1.54) is 11.1 Å². The van der Waals surface area contributed by atoms with Crippen LogP contribution in [0.5, 0.6) is 0 Å². The molecule has 0 aromatic heterocycles. The van der Waals surface area contributed by atoms with Gasteiger partial charge in [0.25, 0.3) is 0 Å². The molecule has 1 unspecified atom stereocenters. The Hall–Kier alpha value is -0.830. The highest BCUT2D eigenvalue weighted by Crippen LogP contribution is 2.33. The van der Waals surface area contributed by atoms with E-state index >= 15 is 0 Å². The Morgan fingerprint density at radius 1 is 1.47 bits per heavy atom. The summed E-state index contributed by atoms with van der Waals surface area (Å²) in [5, 5.41) is 0.987. The number of aryl methyl sites for hydroxylation is 1. The Morgan fingerprint density at radius 3 is 2.95 bits per heavy atom. The van der Waals surface area contributed by atoms with E-state index in [0.29, 0.717) is 12.5 Å². The molecule has 0 N–H and O–H groups in total. The average molecular weight is 324 g/mol. The van der Waals surface area contributed by atoms with Crippen molar-refractivity contribution in [3.05, 3.63) is 29.3 Å². The molecule has 0 radical (unpaired) electrons. The molecule has 1 heterocycles. The standard InChI is InChI=1S/C16H22BrNO/c1-3-4-5-16(19)18-12(2)10-14-11-13(8-9-17)6-7-15(14)18/h6-7,11-12H,3-5,8-10H2,1-2H3. The van der Waals surface area contributed by atoms with Crippen LogP contribution in [-0.2, 0) is 17.6 Å². The number of carbonyl (C=O) groups is 1. The fraction of sp³-hybridized carbons (Fsp3) is 0.562. The Bertz CT molecular complexity index is 458. The topological polar surface area (TPSA) is 20.3 Å². The molecular weight excluding hydrogens is 302 g/mol. The fourth-order valence-corrected chi connectivity index (χ4v) is 3.24. The number of hydrogen-bond acceptors (Lipinski definition) is 1. The summed E-state index contributed by atoms with van der Waals surface area (Å²) in [4.78, 5) is 14.3. The second-order valence-electron chi connectivity index (χ2n) is 5.32. The van der Waals surface area contributed by atoms with E-state index < -0.39 is 0 Å². The van der Waals surface area contributed by atoms with Gasteiger partial charge in [-0.3, -0.25) is 4.79 Å². The third-order valence-corrected chi connectivity index (χ3v) is 4.15. The molecule has 1 aliphatic rings. The first-order chi connectivity index (χ1) is 9.17. The van der Waals surface area contributed by atoms with Gasteiger partial charge in [-0.2, -0.15) is 0 Å². The predicted molar refractivity (Wildman–Crippen MR) is 84.1 cm³/mol. The van der Waals surface area contributed by atoms with Crippen molar-refractivity contribution in [1.29, 1.82) is 0 Å². The lowest BCUT2D eigenvalue weighted by atomic mass is 10.1. The van der Waals surface area contributed by atoms with Crippen LogP contribution in [-0.4, -0.2) is 17.3 Å². The maximum atomic E-state index is 12.3. The maximum Gasteiger partial charge on any atom is 0.227 e. The predicted octanol–water partition coefficient (Wildman–Crippen LogP) is 4.09. The highest BCUT2D eigenvalue weighted by molar-refractivity contribution is 9.09. The van der Waals surface area contributed by atoms with Gasteiger partial charge in [0, 0.05) is 23.5 Å². The van der Waals surface area contributed by atoms with Crippen molar-refractivity contribution in [2.45, 2.75) is 52.0 Å². The third-order valence-electron chi connectivity index (χ3n) is 3.76. The van der Waals surface area contributed by atoms with Gasteiger partial charge >= 0.3 is 0 Å². The molecular formula is C16H22BrNO. The van der Waals surface area contributed by atoms with Crippen molar-refractivity contribution < 1.29 is 4.79 Å². The molecule has 1 aromatic carbocycles. The van der Waals surface area contributed by atoms with Gasteiger partial charge in [-0.05, 0) is 43.4 Å². The number of halogens is 1. The maximum absolute atomic E-state index is 12.3. The normalized spacial score (nSPS) is 17.6. The molecule has 104 valence electrons. The fourth-order valence-electron chi connectivity index (χ4n) is 2.78. The second-order valence-corrected chi connectivity index (χ2v) is 6.12. The van der Waals surface area contributed by atoms with Crippen molar-refractivity contribution in [3.8, 4) is 0 Å². The number of benzene rings is 1. The Morgan fingerprint density at radius 2 is 2.26 bits per heavy atom. The summed E-state index contributed by atoms with van der Waals surface area (Å²) in [5.41, 5.74) is 3.81. The number of anilines is 1. The summed E-state index contributed by atoms with van der Waals surface area (Å²) in [7, 11) is 0. The molecule has 19 heavy (non-hydrogen) atoms. The van der Waals surface area contributed by atoms with Crippen molar-refractivity contribution in [3.63, 3.8) is 0 Å². The molecule has 0 aliphatic carbocycles. The van der Waals surface area contributed by atoms with Gasteiger partial charge in [-0.15, -0.1) is 0 Å². The molecule has 0 saturated heterocycles. The minimum Gasteiger partial charge on any atom is -0.309 e. The smallest absolute Gasteiger partial charge is 0.227 e. The molecule has 1 amide bonds. The molecule has 0 fully saturated rings. The van der Waals surface area contributed by atoms with Crippen LogP contribution in [0.25, 0.3) is 0 Å². The van der Waals surface area contributed by atoms with E-state index in [1.54, 1.807) is 0 Å². The molecule has 1 aliphatic heterocycles. The molecule has 2 nitrogen and oxygen atoms in total. The number of rotatable bonds is 5. The number of hydrogen-bond donors (Lipinski definition) is 0. The average Bonchev–Trinajstić information content (AvgIpc) is 2.71. The van der Waals surface area contributed by atoms with Crippen LogP contribution in [0.1, 0.15) is 44.2 Å². The van der Waals surface area contributed by atoms with Gasteiger partial charge in [-0.1, -0.05) is 41.4 Å². The first-order valence-electron chi connectivity index (χ1n) is 7.17. The number of unbranched alkanes of at least 4 members (excludes halogenated alkanes) is 1. The van der Waals surface area contributed by atoms with Crippen molar-refractivity contribution in [1.82, 2.24) is 0 Å². The van der Waals surface area contributed by atoms with Gasteiger partial charge in [0.15, 0.2) is 0 Å². The second kappa shape index (κ2) is 6.56. The summed E-state index contributed by atoms with van der Waals surface area (Å²) in [6.45, 7) is 4.27. The van der Waals surface area contributed by atoms with Gasteiger partial charge in [0.1, 0.15) is 0 Å². The quantitative estimate of drug-likeness (QED) is 0.747. The van der Waals surface area contributed by atoms with Crippen LogP contribution in [0, 0.1) is 0 Å². The monoisotopic (exact) mass is 323 g/mol. The van der Waals surface area contributed by atoms with Crippen LogP contribution >= 0.6 is 15.9 Å². The van der Waals surface area contributed by atoms with Gasteiger partial charge in [-0.25, -0.2) is 0 Å².